The summed E-state index contributed by atoms with van der Waals surface area (Å²) in [6.07, 6.45) is 0. The molecule has 9 heteroatoms. The molecule has 2 heterocycles. The predicted octanol–water partition coefficient (Wildman–Crippen LogP) is 0.370. The van der Waals surface area contributed by atoms with Crippen LogP contribution in [0.5, 0.6) is 0 Å². The van der Waals surface area contributed by atoms with Gasteiger partial charge in [0.2, 0.25) is 0 Å². The number of hydrogen-bond donors (Lipinski definition) is 2. The van der Waals surface area contributed by atoms with Crippen LogP contribution in [0.1, 0.15) is 0 Å². The molecule has 0 unspecified atom stereocenters. The number of aromatic nitrogens is 4. The molecule has 0 aromatic carbocycles. The van der Waals surface area contributed by atoms with E-state index < -0.39 is 21.1 Å². The van der Waals surface area contributed by atoms with Crippen molar-refractivity contribution in [2.45, 2.75) is 0 Å². The van der Waals surface area contributed by atoms with Gasteiger partial charge in [0.25, 0.3) is 0 Å². The van der Waals surface area contributed by atoms with Crippen LogP contribution in [-0.2, 0) is 0 Å². The van der Waals surface area contributed by atoms with E-state index in [-0.39, 0.29) is 0 Å². The van der Waals surface area contributed by atoms with Gasteiger partial charge in [0.15, 0.2) is 0 Å². The molecule has 0 aliphatic heterocycles. The second kappa shape index (κ2) is 4.25. The van der Waals surface area contributed by atoms with E-state index in [1.165, 1.54) is 22.7 Å². The Labute approximate surface area is 102 Å². The first-order valence-corrected chi connectivity index (χ1v) is 8.42. The third kappa shape index (κ3) is 2.65. The summed E-state index contributed by atoms with van der Waals surface area (Å²) in [5, 5.41) is 13.7. The average Bonchev–Trinajstić information content (AvgIpc) is 2.62. The van der Waals surface area contributed by atoms with Gasteiger partial charge in [-0.2, -0.15) is 0 Å². The fourth-order valence-electron chi connectivity index (χ4n) is 0.658. The molecular weight excluding hydrogens is 351 g/mol. The second-order valence-electron chi connectivity index (χ2n) is 1.96. The molecule has 0 fully saturated rings. The molecule has 2 aromatic rings. The normalized spacial score (nSPS) is 10.5. The molecule has 2 rings (SSSR count). The van der Waals surface area contributed by atoms with Gasteiger partial charge >= 0.3 is 103 Å². The fraction of sp³-hybridized carbons (Fsp3) is 0. The summed E-state index contributed by atoms with van der Waals surface area (Å²) in [6, 6.07) is 0. The monoisotopic (exact) mass is 354 g/mol. The Kier molecular flexibility index (Phi) is 3.24. The van der Waals surface area contributed by atoms with Crippen molar-refractivity contribution in [2.75, 3.05) is 0 Å². The molecule has 0 bridgehead atoms. The van der Waals surface area contributed by atoms with Gasteiger partial charge in [0.05, 0.1) is 0 Å². The summed E-state index contributed by atoms with van der Waals surface area (Å²) in [4.78, 5) is 0. The number of H-pyrrole nitrogens is 2. The Morgan fingerprint density at radius 2 is 1.46 bits per heavy atom. The Hall–Kier alpha value is 0.359. The van der Waals surface area contributed by atoms with E-state index in [9.17, 15) is 0 Å². The van der Waals surface area contributed by atoms with E-state index in [0.29, 0.717) is 0 Å². The van der Waals surface area contributed by atoms with Gasteiger partial charge < -0.3 is 0 Å². The van der Waals surface area contributed by atoms with E-state index in [1.807, 2.05) is 0 Å². The molecular formula is C4H2N4S4Sn. The molecule has 0 spiro atoms. The van der Waals surface area contributed by atoms with Crippen molar-refractivity contribution in [1.82, 2.24) is 20.4 Å². The molecule has 2 aromatic heterocycles. The van der Waals surface area contributed by atoms with Gasteiger partial charge in [-0.05, 0) is 0 Å². The molecule has 2 N–H and O–H groups in total. The zero-order valence-corrected chi connectivity index (χ0v) is 12.1. The van der Waals surface area contributed by atoms with Gasteiger partial charge in [-0.25, -0.2) is 0 Å². The Morgan fingerprint density at radius 1 is 1.00 bits per heavy atom. The van der Waals surface area contributed by atoms with E-state index in [4.69, 9.17) is 24.4 Å². The first-order chi connectivity index (χ1) is 6.24. The molecule has 0 saturated carbocycles. The zero-order valence-electron chi connectivity index (χ0n) is 6.03. The van der Waals surface area contributed by atoms with Crippen LogP contribution >= 0.6 is 47.1 Å². The van der Waals surface area contributed by atoms with Crippen LogP contribution in [0.25, 0.3) is 0 Å². The van der Waals surface area contributed by atoms with Gasteiger partial charge in [0, 0.05) is 0 Å². The standard InChI is InChI=1S/2C2HN2S2.Sn/c2*5-2-4-3-1-6-2;/h2*(H,4,5);. The van der Waals surface area contributed by atoms with Crippen molar-refractivity contribution in [1.29, 1.82) is 0 Å². The Morgan fingerprint density at radius 3 is 1.77 bits per heavy atom. The van der Waals surface area contributed by atoms with Gasteiger partial charge in [-0.3, -0.25) is 0 Å². The summed E-state index contributed by atoms with van der Waals surface area (Å²) in [6.45, 7) is 0. The van der Waals surface area contributed by atoms with E-state index in [1.54, 1.807) is 0 Å². The molecule has 0 aliphatic carbocycles. The minimum absolute atomic E-state index is 0.732. The van der Waals surface area contributed by atoms with Gasteiger partial charge in [-0.15, -0.1) is 0 Å². The van der Waals surface area contributed by atoms with E-state index in [2.05, 4.69) is 20.4 Å². The van der Waals surface area contributed by atoms with Crippen LogP contribution in [0.4, 0.5) is 0 Å². The third-order valence-electron chi connectivity index (χ3n) is 1.09. The maximum atomic E-state index is 4.94. The number of aromatic amines is 2. The molecule has 0 atom stereocenters. The van der Waals surface area contributed by atoms with E-state index >= 15 is 0 Å². The molecule has 2 radical (unpaired) electrons. The summed E-state index contributed by atoms with van der Waals surface area (Å²) in [5.74, 6) is 0. The molecule has 0 aliphatic rings. The summed E-state index contributed by atoms with van der Waals surface area (Å²) >= 11 is 12.1. The van der Waals surface area contributed by atoms with Crippen molar-refractivity contribution in [3.63, 3.8) is 0 Å². The summed E-state index contributed by atoms with van der Waals surface area (Å²) in [5.41, 5.74) is 0. The molecule has 13 heavy (non-hydrogen) atoms. The van der Waals surface area contributed by atoms with Crippen molar-refractivity contribution in [2.24, 2.45) is 0 Å². The number of rotatable bonds is 2. The summed E-state index contributed by atoms with van der Waals surface area (Å²) in [7, 11) is 0. The first-order valence-electron chi connectivity index (χ1n) is 3.12. The van der Waals surface area contributed by atoms with Crippen molar-refractivity contribution in [3.8, 4) is 0 Å². The maximum absolute atomic E-state index is 4.94. The van der Waals surface area contributed by atoms with E-state index in [0.717, 1.165) is 14.0 Å². The zero-order chi connectivity index (χ0) is 9.26. The molecule has 4 nitrogen and oxygen atoms in total. The van der Waals surface area contributed by atoms with Crippen LogP contribution in [0, 0.1) is 7.91 Å². The SMILES string of the molecule is S=c1[nH]n[c]([Sn][c]2n[nH]c(=S)s2)s1. The molecule has 66 valence electrons. The molecule has 0 amide bonds. The average molecular weight is 353 g/mol. The number of hydrogen-bond acceptors (Lipinski definition) is 6. The summed E-state index contributed by atoms with van der Waals surface area (Å²) < 4.78 is 3.67. The second-order valence-corrected chi connectivity index (χ2v) is 10.8. The third-order valence-corrected chi connectivity index (χ3v) is 7.87. The molecule has 0 saturated heterocycles. The Bertz CT molecular complexity index is 460. The minimum atomic E-state index is -0.857. The van der Waals surface area contributed by atoms with Gasteiger partial charge in [-0.1, -0.05) is 0 Å². The first kappa shape index (κ1) is 9.90. The Balaban J connectivity index is 2.23. The van der Waals surface area contributed by atoms with Crippen LogP contribution in [-0.4, -0.2) is 41.5 Å². The number of nitrogens with zero attached hydrogens (tertiary/aromatic N) is 2. The fourth-order valence-corrected chi connectivity index (χ4v) is 8.82. The quantitative estimate of drug-likeness (QED) is 0.605. The van der Waals surface area contributed by atoms with Crippen molar-refractivity contribution >= 4 is 74.3 Å². The van der Waals surface area contributed by atoms with Crippen LogP contribution in [0.15, 0.2) is 0 Å². The van der Waals surface area contributed by atoms with Crippen molar-refractivity contribution in [3.05, 3.63) is 7.91 Å². The van der Waals surface area contributed by atoms with Crippen LogP contribution in [0.2, 0.25) is 0 Å². The predicted molar refractivity (Wildman–Crippen MR) is 59.6 cm³/mol. The number of nitrogens with one attached hydrogen (secondary N) is 2. The van der Waals surface area contributed by atoms with Crippen molar-refractivity contribution < 1.29 is 0 Å². The topological polar surface area (TPSA) is 57.4 Å². The van der Waals surface area contributed by atoms with Crippen LogP contribution in [0.3, 0.4) is 0 Å². The van der Waals surface area contributed by atoms with Crippen LogP contribution < -0.4 is 6.05 Å². The van der Waals surface area contributed by atoms with Gasteiger partial charge in [0.1, 0.15) is 0 Å².